The highest BCUT2D eigenvalue weighted by Gasteiger charge is 2.35. The van der Waals surface area contributed by atoms with Crippen LogP contribution < -0.4 is 10.1 Å². The molecule has 1 unspecified atom stereocenters. The van der Waals surface area contributed by atoms with Gasteiger partial charge in [0, 0.05) is 42.2 Å². The summed E-state index contributed by atoms with van der Waals surface area (Å²) in [6.07, 6.45) is 5.67. The molecule has 8 nitrogen and oxygen atoms in total. The van der Waals surface area contributed by atoms with Gasteiger partial charge in [0.1, 0.15) is 5.69 Å². The van der Waals surface area contributed by atoms with Crippen LogP contribution in [0.5, 0.6) is 5.88 Å². The van der Waals surface area contributed by atoms with Crippen molar-refractivity contribution in [3.05, 3.63) is 52.5 Å². The fraction of sp³-hybridized carbons (Fsp3) is 0.455. The average Bonchev–Trinajstić information content (AvgIpc) is 3.52. The minimum atomic E-state index is -0.391. The lowest BCUT2D eigenvalue weighted by molar-refractivity contribution is 0.0714. The van der Waals surface area contributed by atoms with Crippen LogP contribution in [0.3, 0.4) is 0 Å². The van der Waals surface area contributed by atoms with Gasteiger partial charge in [0.2, 0.25) is 5.88 Å². The van der Waals surface area contributed by atoms with Crippen LogP contribution in [0.15, 0.2) is 24.5 Å². The van der Waals surface area contributed by atoms with Gasteiger partial charge in [-0.15, -0.1) is 0 Å². The molecule has 1 aliphatic carbocycles. The summed E-state index contributed by atoms with van der Waals surface area (Å²) in [5.74, 6) is 0.768. The molecule has 158 valence electrons. The van der Waals surface area contributed by atoms with Crippen molar-refractivity contribution in [1.29, 1.82) is 0 Å². The molecule has 8 heteroatoms. The monoisotopic (exact) mass is 410 g/mol. The minimum absolute atomic E-state index is 0.136. The first-order chi connectivity index (χ1) is 14.5. The van der Waals surface area contributed by atoms with E-state index in [1.165, 1.54) is 19.0 Å². The minimum Gasteiger partial charge on any atom is -0.477 e. The molecule has 2 aromatic rings. The van der Waals surface area contributed by atoms with E-state index in [-0.39, 0.29) is 30.8 Å². The summed E-state index contributed by atoms with van der Waals surface area (Å²) >= 11 is 0. The van der Waals surface area contributed by atoms with E-state index >= 15 is 0 Å². The normalized spacial score (nSPS) is 16.4. The number of aliphatic hydroxyl groups excluding tert-OH is 1. The van der Waals surface area contributed by atoms with Gasteiger partial charge in [-0.1, -0.05) is 0 Å². The molecular formula is C22H26N4O4. The molecule has 2 N–H and O–H groups in total. The number of rotatable bonds is 8. The van der Waals surface area contributed by atoms with Gasteiger partial charge in [0.05, 0.1) is 19.3 Å². The van der Waals surface area contributed by atoms with E-state index in [2.05, 4.69) is 15.3 Å². The zero-order chi connectivity index (χ0) is 21.3. The lowest BCUT2D eigenvalue weighted by Gasteiger charge is -2.25. The first-order valence-corrected chi connectivity index (χ1v) is 10.3. The highest BCUT2D eigenvalue weighted by Crippen LogP contribution is 2.34. The van der Waals surface area contributed by atoms with E-state index in [9.17, 15) is 9.59 Å². The van der Waals surface area contributed by atoms with E-state index in [4.69, 9.17) is 9.84 Å². The number of pyridine rings is 2. The van der Waals surface area contributed by atoms with Crippen LogP contribution in [-0.4, -0.2) is 51.5 Å². The molecule has 4 rings (SSSR count). The predicted molar refractivity (Wildman–Crippen MR) is 109 cm³/mol. The average molecular weight is 410 g/mol. The molecular weight excluding hydrogens is 384 g/mol. The second kappa shape index (κ2) is 8.39. The lowest BCUT2D eigenvalue weighted by Crippen LogP contribution is -2.29. The van der Waals surface area contributed by atoms with Crippen molar-refractivity contribution in [2.24, 2.45) is 5.92 Å². The molecule has 2 aromatic heterocycles. The topological polar surface area (TPSA) is 105 Å². The van der Waals surface area contributed by atoms with Crippen LogP contribution in [-0.2, 0) is 6.54 Å². The highest BCUT2D eigenvalue weighted by molar-refractivity contribution is 6.03. The van der Waals surface area contributed by atoms with Crippen LogP contribution in [0.2, 0.25) is 0 Å². The van der Waals surface area contributed by atoms with Crippen molar-refractivity contribution in [2.45, 2.75) is 39.3 Å². The van der Waals surface area contributed by atoms with Crippen molar-refractivity contribution in [3.63, 3.8) is 0 Å². The molecule has 0 bridgehead atoms. The quantitative estimate of drug-likeness (QED) is 0.690. The van der Waals surface area contributed by atoms with Crippen molar-refractivity contribution in [3.8, 4) is 5.88 Å². The van der Waals surface area contributed by atoms with E-state index < -0.39 is 5.91 Å². The summed E-state index contributed by atoms with van der Waals surface area (Å²) in [5, 5.41) is 11.5. The van der Waals surface area contributed by atoms with Crippen LogP contribution in [0.4, 0.5) is 0 Å². The maximum Gasteiger partial charge on any atom is 0.270 e. The summed E-state index contributed by atoms with van der Waals surface area (Å²) in [6, 6.07) is 3.43. The number of aryl methyl sites for hydroxylation is 1. The molecule has 1 atom stereocenters. The Kier molecular flexibility index (Phi) is 5.67. The molecule has 30 heavy (non-hydrogen) atoms. The van der Waals surface area contributed by atoms with Gasteiger partial charge in [-0.2, -0.15) is 0 Å². The number of carbonyl (C=O) groups is 2. The van der Waals surface area contributed by atoms with Crippen LogP contribution in [0, 0.1) is 12.8 Å². The zero-order valence-electron chi connectivity index (χ0n) is 17.2. The lowest BCUT2D eigenvalue weighted by atomic mass is 10.1. The summed E-state index contributed by atoms with van der Waals surface area (Å²) in [5.41, 5.74) is 3.17. The first kappa shape index (κ1) is 20.3. The van der Waals surface area contributed by atoms with E-state index in [1.807, 2.05) is 19.9 Å². The summed E-state index contributed by atoms with van der Waals surface area (Å²) in [7, 11) is 0. The molecule has 0 spiro atoms. The highest BCUT2D eigenvalue weighted by atomic mass is 16.5. The fourth-order valence-electron chi connectivity index (χ4n) is 3.64. The van der Waals surface area contributed by atoms with E-state index in [0.717, 1.165) is 11.1 Å². The van der Waals surface area contributed by atoms with E-state index in [1.54, 1.807) is 17.2 Å². The number of amides is 2. The number of fused-ring (bicyclic) bond motifs is 1. The smallest absolute Gasteiger partial charge is 0.270 e. The number of ether oxygens (including phenoxy) is 1. The summed E-state index contributed by atoms with van der Waals surface area (Å²) in [6.45, 7) is 4.89. The second-order valence-corrected chi connectivity index (χ2v) is 7.92. The Morgan fingerprint density at radius 3 is 2.90 bits per heavy atom. The molecule has 0 saturated heterocycles. The Morgan fingerprint density at radius 2 is 2.20 bits per heavy atom. The number of nitrogens with one attached hydrogen (secondary N) is 1. The Morgan fingerprint density at radius 1 is 1.40 bits per heavy atom. The summed E-state index contributed by atoms with van der Waals surface area (Å²) < 4.78 is 5.80. The number of carbonyl (C=O) groups excluding carboxylic acids is 2. The third kappa shape index (κ3) is 4.00. The maximum atomic E-state index is 13.0. The van der Waals surface area contributed by atoms with Gasteiger partial charge in [-0.25, -0.2) is 4.98 Å². The maximum absolute atomic E-state index is 13.0. The Bertz CT molecular complexity index is 974. The first-order valence-electron chi connectivity index (χ1n) is 10.3. The Balaban J connectivity index is 1.52. The van der Waals surface area contributed by atoms with Crippen molar-refractivity contribution in [2.75, 3.05) is 19.8 Å². The van der Waals surface area contributed by atoms with E-state index in [0.29, 0.717) is 36.1 Å². The molecule has 0 radical (unpaired) electrons. The van der Waals surface area contributed by atoms with Crippen LogP contribution in [0.25, 0.3) is 0 Å². The van der Waals surface area contributed by atoms with Gasteiger partial charge in [0.25, 0.3) is 11.8 Å². The summed E-state index contributed by atoms with van der Waals surface area (Å²) in [4.78, 5) is 35.7. The second-order valence-electron chi connectivity index (χ2n) is 7.92. The number of nitrogens with zero attached hydrogens (tertiary/aromatic N) is 3. The molecule has 1 fully saturated rings. The molecule has 3 heterocycles. The molecule has 1 aliphatic heterocycles. The number of hydrogen-bond acceptors (Lipinski definition) is 6. The molecule has 2 aliphatic rings. The Labute approximate surface area is 175 Å². The predicted octanol–water partition coefficient (Wildman–Crippen LogP) is 2.01. The van der Waals surface area contributed by atoms with Gasteiger partial charge < -0.3 is 20.1 Å². The number of hydrogen-bond donors (Lipinski definition) is 2. The Hall–Kier alpha value is -3.00. The van der Waals surface area contributed by atoms with Gasteiger partial charge in [0.15, 0.2) is 0 Å². The number of aromatic nitrogens is 2. The zero-order valence-corrected chi connectivity index (χ0v) is 17.2. The van der Waals surface area contributed by atoms with Crippen molar-refractivity contribution < 1.29 is 19.4 Å². The van der Waals surface area contributed by atoms with Gasteiger partial charge in [-0.05, 0) is 50.3 Å². The van der Waals surface area contributed by atoms with Crippen LogP contribution >= 0.6 is 0 Å². The van der Waals surface area contributed by atoms with Gasteiger partial charge in [-0.3, -0.25) is 14.6 Å². The SMILES string of the molecule is Cc1cc(C(C)N2Cc3c(ccnc3C(=O)NCCO)C2=O)cnc1OCC1CC1. The van der Waals surface area contributed by atoms with Gasteiger partial charge >= 0.3 is 0 Å². The molecule has 2 amide bonds. The third-order valence-corrected chi connectivity index (χ3v) is 5.64. The fourth-order valence-corrected chi connectivity index (χ4v) is 3.64. The number of aliphatic hydroxyl groups is 1. The largest absolute Gasteiger partial charge is 0.477 e. The van der Waals surface area contributed by atoms with Crippen LogP contribution in [0.1, 0.15) is 63.3 Å². The van der Waals surface area contributed by atoms with Crippen molar-refractivity contribution in [1.82, 2.24) is 20.2 Å². The molecule has 1 saturated carbocycles. The molecule has 0 aromatic carbocycles. The van der Waals surface area contributed by atoms with Crippen molar-refractivity contribution >= 4 is 11.8 Å². The third-order valence-electron chi connectivity index (χ3n) is 5.64. The standard InChI is InChI=1S/C22H26N4O4/c1-13-9-16(10-25-21(13)30-12-15-3-4-15)14(2)26-11-18-17(22(26)29)5-6-23-19(18)20(28)24-7-8-27/h5-6,9-10,14-15,27H,3-4,7-8,11-12H2,1-2H3,(H,24,28).